The number of ketones is 1. The molecule has 1 aliphatic rings. The number of hydrogen-bond acceptors (Lipinski definition) is 7. The molecular weight excluding hydrogens is 338 g/mol. The molecule has 0 bridgehead atoms. The Morgan fingerprint density at radius 1 is 1.15 bits per heavy atom. The second-order valence-electron chi connectivity index (χ2n) is 5.58. The number of benzene rings is 2. The van der Waals surface area contributed by atoms with Gasteiger partial charge >= 0.3 is 0 Å². The Hall–Kier alpha value is -3.66. The van der Waals surface area contributed by atoms with Gasteiger partial charge in [0.15, 0.2) is 17.3 Å². The molecule has 0 atom stereocenters. The highest BCUT2D eigenvalue weighted by atomic mass is 16.5. The van der Waals surface area contributed by atoms with Gasteiger partial charge in [0.05, 0.1) is 18.2 Å². The van der Waals surface area contributed by atoms with Gasteiger partial charge in [0.1, 0.15) is 11.5 Å². The first-order valence-corrected chi connectivity index (χ1v) is 7.83. The molecule has 0 aliphatic carbocycles. The second kappa shape index (κ2) is 7.07. The van der Waals surface area contributed by atoms with Crippen LogP contribution >= 0.6 is 0 Å². The summed E-state index contributed by atoms with van der Waals surface area (Å²) in [7, 11) is 0. The molecule has 26 heavy (non-hydrogen) atoms. The SMILES string of the molecule is N#CCCCOc1ccc(/C=C2/Oc3c(ccc(O)c3O)C2=O)c(O)c1. The first-order valence-electron chi connectivity index (χ1n) is 7.83. The van der Waals surface area contributed by atoms with E-state index in [1.807, 2.05) is 6.07 Å². The van der Waals surface area contributed by atoms with Crippen molar-refractivity contribution in [2.75, 3.05) is 6.61 Å². The van der Waals surface area contributed by atoms with Gasteiger partial charge in [-0.05, 0) is 36.8 Å². The van der Waals surface area contributed by atoms with Crippen molar-refractivity contribution in [3.8, 4) is 34.8 Å². The number of nitriles is 1. The highest BCUT2D eigenvalue weighted by Gasteiger charge is 2.31. The van der Waals surface area contributed by atoms with Gasteiger partial charge in [0, 0.05) is 18.1 Å². The summed E-state index contributed by atoms with van der Waals surface area (Å²) in [5.74, 6) is -1.24. The number of hydrogen-bond donors (Lipinski definition) is 3. The largest absolute Gasteiger partial charge is 0.507 e. The van der Waals surface area contributed by atoms with Gasteiger partial charge in [-0.15, -0.1) is 0 Å². The van der Waals surface area contributed by atoms with Crippen molar-refractivity contribution in [3.05, 3.63) is 47.2 Å². The predicted octanol–water partition coefficient (Wildman–Crippen LogP) is 3.10. The summed E-state index contributed by atoms with van der Waals surface area (Å²) in [5, 5.41) is 37.9. The highest BCUT2D eigenvalue weighted by Crippen LogP contribution is 2.44. The van der Waals surface area contributed by atoms with Crippen molar-refractivity contribution >= 4 is 11.9 Å². The van der Waals surface area contributed by atoms with E-state index in [2.05, 4.69) is 0 Å². The topological polar surface area (TPSA) is 120 Å². The van der Waals surface area contributed by atoms with Crippen LogP contribution in [-0.2, 0) is 0 Å². The molecule has 2 aromatic rings. The van der Waals surface area contributed by atoms with Gasteiger partial charge in [0.25, 0.3) is 0 Å². The Bertz CT molecular complexity index is 942. The van der Waals surface area contributed by atoms with Crippen LogP contribution in [0.15, 0.2) is 36.1 Å². The predicted molar refractivity (Wildman–Crippen MR) is 91.2 cm³/mol. The first-order chi connectivity index (χ1) is 12.5. The Labute approximate surface area is 149 Å². The van der Waals surface area contributed by atoms with E-state index in [1.54, 1.807) is 12.1 Å². The fraction of sp³-hybridized carbons (Fsp3) is 0.158. The number of unbranched alkanes of at least 4 members (excludes halogenated alkanes) is 1. The number of carbonyl (C=O) groups is 1. The van der Waals surface area contributed by atoms with Crippen molar-refractivity contribution in [1.82, 2.24) is 0 Å². The normalized spacial score (nSPS) is 14.0. The summed E-state index contributed by atoms with van der Waals surface area (Å²) < 4.78 is 10.8. The molecule has 0 saturated heterocycles. The maximum absolute atomic E-state index is 12.3. The number of phenolic OH excluding ortho intramolecular Hbond substituents is 3. The lowest BCUT2D eigenvalue weighted by Crippen LogP contribution is -1.99. The number of rotatable bonds is 5. The highest BCUT2D eigenvalue weighted by molar-refractivity contribution is 6.15. The monoisotopic (exact) mass is 353 g/mol. The zero-order valence-electron chi connectivity index (χ0n) is 13.6. The standard InChI is InChI=1S/C19H15NO6/c20-7-1-2-8-25-12-4-3-11(15(22)10-12)9-16-17(23)13-5-6-14(21)18(24)19(13)26-16/h3-6,9-10,21-22,24H,1-2,8H2/b16-9+. The van der Waals surface area contributed by atoms with E-state index >= 15 is 0 Å². The van der Waals surface area contributed by atoms with Crippen LogP contribution in [0.4, 0.5) is 0 Å². The Balaban J connectivity index is 1.80. The molecule has 3 N–H and O–H groups in total. The minimum Gasteiger partial charge on any atom is -0.507 e. The molecule has 0 spiro atoms. The molecule has 0 amide bonds. The Morgan fingerprint density at radius 3 is 2.69 bits per heavy atom. The van der Waals surface area contributed by atoms with Gasteiger partial charge in [-0.2, -0.15) is 5.26 Å². The number of nitrogens with zero attached hydrogens (tertiary/aromatic N) is 1. The van der Waals surface area contributed by atoms with Gasteiger partial charge in [0.2, 0.25) is 11.5 Å². The summed E-state index contributed by atoms with van der Waals surface area (Å²) in [4.78, 5) is 12.3. The van der Waals surface area contributed by atoms with Gasteiger partial charge in [-0.1, -0.05) is 0 Å². The fourth-order valence-corrected chi connectivity index (χ4v) is 2.44. The zero-order valence-corrected chi connectivity index (χ0v) is 13.6. The molecule has 3 rings (SSSR count). The van der Waals surface area contributed by atoms with Crippen LogP contribution in [-0.4, -0.2) is 27.7 Å². The third-order valence-corrected chi connectivity index (χ3v) is 3.78. The zero-order chi connectivity index (χ0) is 18.7. The molecule has 1 aliphatic heterocycles. The van der Waals surface area contributed by atoms with Gasteiger partial charge in [-0.3, -0.25) is 4.79 Å². The molecule has 132 valence electrons. The molecule has 0 radical (unpaired) electrons. The molecule has 0 aromatic heterocycles. The van der Waals surface area contributed by atoms with Crippen LogP contribution in [0, 0.1) is 11.3 Å². The lowest BCUT2D eigenvalue weighted by Gasteiger charge is -2.07. The van der Waals surface area contributed by atoms with E-state index < -0.39 is 17.3 Å². The molecule has 7 nitrogen and oxygen atoms in total. The molecule has 1 heterocycles. The maximum atomic E-state index is 12.3. The van der Waals surface area contributed by atoms with E-state index in [0.29, 0.717) is 30.8 Å². The van der Waals surface area contributed by atoms with Gasteiger partial charge < -0.3 is 24.8 Å². The Morgan fingerprint density at radius 2 is 1.96 bits per heavy atom. The van der Waals surface area contributed by atoms with Crippen LogP contribution in [0.25, 0.3) is 6.08 Å². The first kappa shape index (κ1) is 17.2. The van der Waals surface area contributed by atoms with E-state index in [1.165, 1.54) is 24.3 Å². The molecule has 0 unspecified atom stereocenters. The van der Waals surface area contributed by atoms with Crippen molar-refractivity contribution in [2.45, 2.75) is 12.8 Å². The molecule has 7 heteroatoms. The number of carbonyl (C=O) groups excluding carboxylic acids is 1. The van der Waals surface area contributed by atoms with Crippen LogP contribution in [0.5, 0.6) is 28.7 Å². The number of ether oxygens (including phenoxy) is 2. The molecule has 2 aromatic carbocycles. The average molecular weight is 353 g/mol. The minimum absolute atomic E-state index is 0.0844. The average Bonchev–Trinajstić information content (AvgIpc) is 2.94. The smallest absolute Gasteiger partial charge is 0.232 e. The fourth-order valence-electron chi connectivity index (χ4n) is 2.44. The summed E-state index contributed by atoms with van der Waals surface area (Å²) in [5.41, 5.74) is 0.456. The van der Waals surface area contributed by atoms with Crippen LogP contribution in [0.2, 0.25) is 0 Å². The Kier molecular flexibility index (Phi) is 4.67. The van der Waals surface area contributed by atoms with Crippen molar-refractivity contribution in [1.29, 1.82) is 5.26 Å². The number of aromatic hydroxyl groups is 3. The van der Waals surface area contributed by atoms with Crippen LogP contribution in [0.1, 0.15) is 28.8 Å². The lowest BCUT2D eigenvalue weighted by atomic mass is 10.1. The third-order valence-electron chi connectivity index (χ3n) is 3.78. The van der Waals surface area contributed by atoms with Crippen LogP contribution < -0.4 is 9.47 Å². The number of phenols is 3. The van der Waals surface area contributed by atoms with Crippen LogP contribution in [0.3, 0.4) is 0 Å². The van der Waals surface area contributed by atoms with E-state index in [4.69, 9.17) is 14.7 Å². The quantitative estimate of drug-likeness (QED) is 0.429. The summed E-state index contributed by atoms with van der Waals surface area (Å²) in [6.07, 6.45) is 2.31. The summed E-state index contributed by atoms with van der Waals surface area (Å²) in [6, 6.07) is 9.14. The number of Topliss-reactive ketones (excluding diaryl/α,β-unsaturated/α-hetero) is 1. The van der Waals surface area contributed by atoms with E-state index in [9.17, 15) is 20.1 Å². The third kappa shape index (κ3) is 3.26. The van der Waals surface area contributed by atoms with E-state index in [-0.39, 0.29) is 22.8 Å². The maximum Gasteiger partial charge on any atom is 0.232 e. The second-order valence-corrected chi connectivity index (χ2v) is 5.58. The number of allylic oxidation sites excluding steroid dienone is 1. The minimum atomic E-state index is -0.510. The summed E-state index contributed by atoms with van der Waals surface area (Å²) in [6.45, 7) is 0.354. The molecule has 0 fully saturated rings. The lowest BCUT2D eigenvalue weighted by molar-refractivity contribution is 0.101. The van der Waals surface area contributed by atoms with Crippen molar-refractivity contribution in [3.63, 3.8) is 0 Å². The van der Waals surface area contributed by atoms with Gasteiger partial charge in [-0.25, -0.2) is 0 Å². The summed E-state index contributed by atoms with van der Waals surface area (Å²) >= 11 is 0. The van der Waals surface area contributed by atoms with Crippen molar-refractivity contribution < 1.29 is 29.6 Å². The van der Waals surface area contributed by atoms with Crippen molar-refractivity contribution in [2.24, 2.45) is 0 Å². The molecule has 0 saturated carbocycles. The number of fused-ring (bicyclic) bond motifs is 1. The van der Waals surface area contributed by atoms with E-state index in [0.717, 1.165) is 0 Å². The molecular formula is C19H15NO6.